The minimum Gasteiger partial charge on any atom is -0.294 e. The monoisotopic (exact) mass is 198 g/mol. The van der Waals surface area contributed by atoms with Gasteiger partial charge in [0.1, 0.15) is 5.82 Å². The summed E-state index contributed by atoms with van der Waals surface area (Å²) in [6.07, 6.45) is 2.33. The molecule has 70 valence electrons. The van der Waals surface area contributed by atoms with Crippen molar-refractivity contribution in [3.05, 3.63) is 35.6 Å². The lowest BCUT2D eigenvalue weighted by Crippen LogP contribution is -2.02. The highest BCUT2D eigenvalue weighted by Gasteiger charge is 2.09. The molecule has 0 bridgehead atoms. The van der Waals surface area contributed by atoms with E-state index in [2.05, 4.69) is 0 Å². The van der Waals surface area contributed by atoms with Crippen molar-refractivity contribution in [3.63, 3.8) is 0 Å². The highest BCUT2D eigenvalue weighted by Crippen LogP contribution is 2.10. The van der Waals surface area contributed by atoms with Gasteiger partial charge in [-0.2, -0.15) is 11.8 Å². The maximum atomic E-state index is 13.0. The van der Waals surface area contributed by atoms with Crippen LogP contribution in [0.2, 0.25) is 0 Å². The second-order valence-electron chi connectivity index (χ2n) is 2.65. The molecule has 0 aliphatic carbocycles. The smallest absolute Gasteiger partial charge is 0.166 e. The molecule has 0 heterocycles. The van der Waals surface area contributed by atoms with Crippen molar-refractivity contribution >= 4 is 17.5 Å². The summed E-state index contributed by atoms with van der Waals surface area (Å²) in [5.41, 5.74) is 0.205. The summed E-state index contributed by atoms with van der Waals surface area (Å²) in [6.45, 7) is 0. The lowest BCUT2D eigenvalue weighted by Gasteiger charge is -2.00. The fourth-order valence-electron chi connectivity index (χ4n) is 1.02. The van der Waals surface area contributed by atoms with Gasteiger partial charge in [-0.1, -0.05) is 12.1 Å². The molecule has 0 aliphatic rings. The van der Waals surface area contributed by atoms with Gasteiger partial charge in [0, 0.05) is 12.2 Å². The van der Waals surface area contributed by atoms with Crippen LogP contribution in [0.5, 0.6) is 0 Å². The number of Topliss-reactive ketones (excluding diaryl/α,β-unsaturated/α-hetero) is 1. The number of thioether (sulfide) groups is 1. The highest BCUT2D eigenvalue weighted by atomic mass is 32.2. The molecular formula is C10H11FOS. The molecule has 0 spiro atoms. The zero-order valence-corrected chi connectivity index (χ0v) is 8.23. The van der Waals surface area contributed by atoms with E-state index in [0.717, 1.165) is 5.75 Å². The minimum atomic E-state index is -0.423. The SMILES string of the molecule is CSCCC(=O)c1ccccc1F. The Kier molecular flexibility index (Phi) is 3.96. The first-order valence-electron chi connectivity index (χ1n) is 4.02. The molecule has 0 radical (unpaired) electrons. The summed E-state index contributed by atoms with van der Waals surface area (Å²) < 4.78 is 13.0. The predicted octanol–water partition coefficient (Wildman–Crippen LogP) is 2.76. The number of carbonyl (C=O) groups excluding carboxylic acids is 1. The second kappa shape index (κ2) is 5.02. The molecule has 3 heteroatoms. The van der Waals surface area contributed by atoms with Gasteiger partial charge in [-0.3, -0.25) is 4.79 Å². The average Bonchev–Trinajstić information content (AvgIpc) is 2.15. The Hall–Kier alpha value is -0.830. The summed E-state index contributed by atoms with van der Waals surface area (Å²) >= 11 is 1.59. The zero-order valence-electron chi connectivity index (χ0n) is 7.42. The predicted molar refractivity (Wildman–Crippen MR) is 53.7 cm³/mol. The lowest BCUT2D eigenvalue weighted by molar-refractivity contribution is 0.0985. The van der Waals surface area contributed by atoms with Crippen molar-refractivity contribution in [2.24, 2.45) is 0 Å². The summed E-state index contributed by atoms with van der Waals surface area (Å²) in [7, 11) is 0. The Balaban J connectivity index is 2.71. The molecule has 1 rings (SSSR count). The Morgan fingerprint density at radius 1 is 1.46 bits per heavy atom. The molecule has 0 N–H and O–H groups in total. The third-order valence-corrected chi connectivity index (χ3v) is 2.32. The molecule has 0 aliphatic heterocycles. The first kappa shape index (κ1) is 10.3. The number of benzene rings is 1. The second-order valence-corrected chi connectivity index (χ2v) is 3.63. The number of hydrogen-bond donors (Lipinski definition) is 0. The van der Waals surface area contributed by atoms with Gasteiger partial charge in [0.05, 0.1) is 5.56 Å². The number of hydrogen-bond acceptors (Lipinski definition) is 2. The normalized spacial score (nSPS) is 10.0. The Labute approximate surface area is 81.3 Å². The van der Waals surface area contributed by atoms with E-state index in [-0.39, 0.29) is 11.3 Å². The van der Waals surface area contributed by atoms with Crippen LogP contribution in [0, 0.1) is 5.82 Å². The van der Waals surface area contributed by atoms with Crippen LogP contribution in [0.3, 0.4) is 0 Å². The van der Waals surface area contributed by atoms with E-state index in [1.165, 1.54) is 12.1 Å². The van der Waals surface area contributed by atoms with Crippen molar-refractivity contribution in [2.75, 3.05) is 12.0 Å². The van der Waals surface area contributed by atoms with Crippen molar-refractivity contribution in [3.8, 4) is 0 Å². The fraction of sp³-hybridized carbons (Fsp3) is 0.300. The van der Waals surface area contributed by atoms with Gasteiger partial charge in [-0.25, -0.2) is 4.39 Å². The Morgan fingerprint density at radius 3 is 2.77 bits per heavy atom. The van der Waals surface area contributed by atoms with Crippen LogP contribution < -0.4 is 0 Å². The van der Waals surface area contributed by atoms with Crippen LogP contribution in [0.25, 0.3) is 0 Å². The standard InChI is InChI=1S/C10H11FOS/c1-13-7-6-10(12)8-4-2-3-5-9(8)11/h2-5H,6-7H2,1H3. The van der Waals surface area contributed by atoms with E-state index in [1.54, 1.807) is 23.9 Å². The molecular weight excluding hydrogens is 187 g/mol. The van der Waals surface area contributed by atoms with Crippen LogP contribution in [0.4, 0.5) is 4.39 Å². The third-order valence-electron chi connectivity index (χ3n) is 1.71. The van der Waals surface area contributed by atoms with Gasteiger partial charge >= 0.3 is 0 Å². The van der Waals surface area contributed by atoms with Gasteiger partial charge < -0.3 is 0 Å². The summed E-state index contributed by atoms with van der Waals surface area (Å²) in [6, 6.07) is 6.10. The van der Waals surface area contributed by atoms with Crippen LogP contribution in [0.15, 0.2) is 24.3 Å². The molecule has 1 nitrogen and oxygen atoms in total. The van der Waals surface area contributed by atoms with E-state index in [1.807, 2.05) is 6.26 Å². The zero-order chi connectivity index (χ0) is 9.68. The van der Waals surface area contributed by atoms with Crippen molar-refractivity contribution in [1.82, 2.24) is 0 Å². The van der Waals surface area contributed by atoms with E-state index in [4.69, 9.17) is 0 Å². The maximum absolute atomic E-state index is 13.0. The molecule has 0 unspecified atom stereocenters. The molecule has 13 heavy (non-hydrogen) atoms. The molecule has 1 aromatic rings. The Bertz CT molecular complexity index is 299. The number of carbonyl (C=O) groups is 1. The third kappa shape index (κ3) is 2.84. The number of ketones is 1. The number of rotatable bonds is 4. The van der Waals surface area contributed by atoms with Crippen LogP contribution in [0.1, 0.15) is 16.8 Å². The molecule has 0 amide bonds. The topological polar surface area (TPSA) is 17.1 Å². The Morgan fingerprint density at radius 2 is 2.15 bits per heavy atom. The van der Waals surface area contributed by atoms with E-state index in [0.29, 0.717) is 6.42 Å². The quantitative estimate of drug-likeness (QED) is 0.692. The van der Waals surface area contributed by atoms with Gasteiger partial charge in [-0.05, 0) is 18.4 Å². The van der Waals surface area contributed by atoms with Crippen molar-refractivity contribution in [1.29, 1.82) is 0 Å². The van der Waals surface area contributed by atoms with E-state index >= 15 is 0 Å². The molecule has 0 aromatic heterocycles. The first-order chi connectivity index (χ1) is 6.25. The van der Waals surface area contributed by atoms with Gasteiger partial charge in [-0.15, -0.1) is 0 Å². The van der Waals surface area contributed by atoms with Crippen LogP contribution in [-0.2, 0) is 0 Å². The summed E-state index contributed by atoms with van der Waals surface area (Å²) in [5, 5.41) is 0. The first-order valence-corrected chi connectivity index (χ1v) is 5.41. The van der Waals surface area contributed by atoms with E-state index < -0.39 is 5.82 Å². The minimum absolute atomic E-state index is 0.118. The van der Waals surface area contributed by atoms with Gasteiger partial charge in [0.25, 0.3) is 0 Å². The molecule has 0 saturated heterocycles. The van der Waals surface area contributed by atoms with Crippen molar-refractivity contribution in [2.45, 2.75) is 6.42 Å². The molecule has 0 saturated carbocycles. The maximum Gasteiger partial charge on any atom is 0.166 e. The average molecular weight is 198 g/mol. The number of halogens is 1. The van der Waals surface area contributed by atoms with E-state index in [9.17, 15) is 9.18 Å². The summed E-state index contributed by atoms with van der Waals surface area (Å²) in [5.74, 6) is 0.203. The molecule has 1 aromatic carbocycles. The van der Waals surface area contributed by atoms with Crippen molar-refractivity contribution < 1.29 is 9.18 Å². The van der Waals surface area contributed by atoms with Gasteiger partial charge in [0.15, 0.2) is 5.78 Å². The fourth-order valence-corrected chi connectivity index (χ4v) is 1.41. The molecule has 0 atom stereocenters. The van der Waals surface area contributed by atoms with Crippen LogP contribution in [-0.4, -0.2) is 17.8 Å². The highest BCUT2D eigenvalue weighted by molar-refractivity contribution is 7.98. The summed E-state index contributed by atoms with van der Waals surface area (Å²) in [4.78, 5) is 11.4. The molecule has 0 fully saturated rings. The van der Waals surface area contributed by atoms with Crippen LogP contribution >= 0.6 is 11.8 Å². The lowest BCUT2D eigenvalue weighted by atomic mass is 10.1. The van der Waals surface area contributed by atoms with Gasteiger partial charge in [0.2, 0.25) is 0 Å². The largest absolute Gasteiger partial charge is 0.294 e.